The number of nitrogens with one attached hydrogen (secondary N) is 3. The standard InChI is InChI=1S/C21H34N4O3S.HI/c1-21(2,3)17-7-5-16(6-8-17)9-12-23-20(22-4)24-13-10-19(26)25-18-11-14-29(27,28)15-18;/h5-8,18H,9-15H2,1-4H3,(H,25,26)(H2,22,23,24);1H. The van der Waals surface area contributed by atoms with E-state index >= 15 is 0 Å². The fraction of sp³-hybridized carbons (Fsp3) is 0.619. The Bertz CT molecular complexity index is 818. The molecule has 2 rings (SSSR count). The van der Waals surface area contributed by atoms with Crippen LogP contribution >= 0.6 is 24.0 Å². The lowest BCUT2D eigenvalue weighted by Gasteiger charge is -2.19. The van der Waals surface area contributed by atoms with E-state index in [1.54, 1.807) is 7.05 Å². The molecule has 1 heterocycles. The Balaban J connectivity index is 0.00000450. The second kappa shape index (κ2) is 11.9. The van der Waals surface area contributed by atoms with E-state index in [9.17, 15) is 13.2 Å². The van der Waals surface area contributed by atoms with Gasteiger partial charge in [-0.3, -0.25) is 9.79 Å². The molecule has 7 nitrogen and oxygen atoms in total. The molecule has 1 atom stereocenters. The number of nitrogens with zero attached hydrogens (tertiary/aromatic N) is 1. The maximum absolute atomic E-state index is 12.0. The molecule has 1 aromatic rings. The minimum absolute atomic E-state index is 0. The Hall–Kier alpha value is -1.36. The van der Waals surface area contributed by atoms with E-state index in [0.717, 1.165) is 13.0 Å². The van der Waals surface area contributed by atoms with Gasteiger partial charge < -0.3 is 16.0 Å². The van der Waals surface area contributed by atoms with Gasteiger partial charge in [-0.25, -0.2) is 8.42 Å². The van der Waals surface area contributed by atoms with Crippen molar-refractivity contribution in [2.45, 2.75) is 51.5 Å². The molecule has 3 N–H and O–H groups in total. The van der Waals surface area contributed by atoms with Gasteiger partial charge in [-0.15, -0.1) is 24.0 Å². The van der Waals surface area contributed by atoms with Gasteiger partial charge in [0.25, 0.3) is 0 Å². The highest BCUT2D eigenvalue weighted by atomic mass is 127. The van der Waals surface area contributed by atoms with E-state index < -0.39 is 9.84 Å². The summed E-state index contributed by atoms with van der Waals surface area (Å²) in [6.07, 6.45) is 1.65. The topological polar surface area (TPSA) is 99.7 Å². The largest absolute Gasteiger partial charge is 0.356 e. The molecule has 0 aliphatic carbocycles. The molecule has 0 radical (unpaired) electrons. The van der Waals surface area contributed by atoms with Gasteiger partial charge in [0, 0.05) is 32.6 Å². The zero-order chi connectivity index (χ0) is 21.5. The van der Waals surface area contributed by atoms with E-state index in [1.165, 1.54) is 11.1 Å². The highest BCUT2D eigenvalue weighted by molar-refractivity contribution is 14.0. The summed E-state index contributed by atoms with van der Waals surface area (Å²) in [4.78, 5) is 16.1. The Morgan fingerprint density at radius 3 is 2.30 bits per heavy atom. The van der Waals surface area contributed by atoms with Crippen LogP contribution in [0.15, 0.2) is 29.3 Å². The summed E-state index contributed by atoms with van der Waals surface area (Å²) >= 11 is 0. The summed E-state index contributed by atoms with van der Waals surface area (Å²) in [6, 6.07) is 8.42. The molecule has 170 valence electrons. The molecule has 0 spiro atoms. The number of carbonyl (C=O) groups is 1. The molecule has 0 bridgehead atoms. The van der Waals surface area contributed by atoms with Crippen LogP contribution in [0.2, 0.25) is 0 Å². The van der Waals surface area contributed by atoms with Crippen molar-refractivity contribution < 1.29 is 13.2 Å². The van der Waals surface area contributed by atoms with Crippen LogP contribution in [0.4, 0.5) is 0 Å². The van der Waals surface area contributed by atoms with Gasteiger partial charge in [-0.2, -0.15) is 0 Å². The number of rotatable bonds is 7. The van der Waals surface area contributed by atoms with Crippen molar-refractivity contribution >= 4 is 45.7 Å². The molecule has 1 aliphatic rings. The molecule has 1 saturated heterocycles. The smallest absolute Gasteiger partial charge is 0.222 e. The third-order valence-corrected chi connectivity index (χ3v) is 6.76. The van der Waals surface area contributed by atoms with Gasteiger partial charge in [0.05, 0.1) is 11.5 Å². The molecule has 1 aliphatic heterocycles. The summed E-state index contributed by atoms with van der Waals surface area (Å²) in [6.45, 7) is 7.78. The lowest BCUT2D eigenvalue weighted by Crippen LogP contribution is -2.41. The predicted octanol–water partition coefficient (Wildman–Crippen LogP) is 2.00. The van der Waals surface area contributed by atoms with Gasteiger partial charge >= 0.3 is 0 Å². The van der Waals surface area contributed by atoms with Crippen molar-refractivity contribution in [3.05, 3.63) is 35.4 Å². The first-order chi connectivity index (χ1) is 13.6. The Kier molecular flexibility index (Phi) is 10.6. The van der Waals surface area contributed by atoms with Crippen LogP contribution in [0.25, 0.3) is 0 Å². The Morgan fingerprint density at radius 1 is 1.13 bits per heavy atom. The summed E-state index contributed by atoms with van der Waals surface area (Å²) in [7, 11) is -1.29. The fourth-order valence-electron chi connectivity index (χ4n) is 3.22. The van der Waals surface area contributed by atoms with Crippen LogP contribution in [-0.2, 0) is 26.5 Å². The monoisotopic (exact) mass is 550 g/mol. The highest BCUT2D eigenvalue weighted by Crippen LogP contribution is 2.22. The third kappa shape index (κ3) is 9.20. The van der Waals surface area contributed by atoms with Crippen LogP contribution in [0.5, 0.6) is 0 Å². The lowest BCUT2D eigenvalue weighted by molar-refractivity contribution is -0.121. The first-order valence-electron chi connectivity index (χ1n) is 10.1. The normalized spacial score (nSPS) is 18.4. The summed E-state index contributed by atoms with van der Waals surface area (Å²) < 4.78 is 22.9. The molecule has 1 unspecified atom stereocenters. The van der Waals surface area contributed by atoms with E-state index in [2.05, 4.69) is 66.0 Å². The maximum Gasteiger partial charge on any atom is 0.222 e. The quantitative estimate of drug-likeness (QED) is 0.274. The van der Waals surface area contributed by atoms with E-state index in [1.807, 2.05) is 0 Å². The molecule has 30 heavy (non-hydrogen) atoms. The second-order valence-electron chi connectivity index (χ2n) is 8.54. The van der Waals surface area contributed by atoms with Crippen LogP contribution in [0.3, 0.4) is 0 Å². The number of carbonyl (C=O) groups excluding carboxylic acids is 1. The summed E-state index contributed by atoms with van der Waals surface area (Å²) in [5, 5.41) is 9.15. The van der Waals surface area contributed by atoms with Crippen LogP contribution in [-0.4, -0.2) is 58.0 Å². The molecule has 1 amide bonds. The minimum Gasteiger partial charge on any atom is -0.356 e. The van der Waals surface area contributed by atoms with E-state index in [0.29, 0.717) is 18.9 Å². The fourth-order valence-corrected chi connectivity index (χ4v) is 4.89. The molecular weight excluding hydrogens is 515 g/mol. The molecule has 1 aromatic carbocycles. The Morgan fingerprint density at radius 2 is 1.77 bits per heavy atom. The number of sulfone groups is 1. The van der Waals surface area contributed by atoms with E-state index in [4.69, 9.17) is 0 Å². The minimum atomic E-state index is -2.98. The number of benzene rings is 1. The first-order valence-corrected chi connectivity index (χ1v) is 11.9. The van der Waals surface area contributed by atoms with Crippen molar-refractivity contribution in [1.82, 2.24) is 16.0 Å². The average Bonchev–Trinajstić information content (AvgIpc) is 2.98. The maximum atomic E-state index is 12.0. The number of guanidine groups is 1. The zero-order valence-corrected chi connectivity index (χ0v) is 21.5. The van der Waals surface area contributed by atoms with Gasteiger partial charge in [-0.05, 0) is 29.4 Å². The zero-order valence-electron chi connectivity index (χ0n) is 18.3. The summed E-state index contributed by atoms with van der Waals surface area (Å²) in [5.74, 6) is 0.708. The molecule has 1 fully saturated rings. The van der Waals surface area contributed by atoms with Gasteiger partial charge in [-0.1, -0.05) is 45.0 Å². The van der Waals surface area contributed by atoms with E-state index in [-0.39, 0.29) is 59.3 Å². The van der Waals surface area contributed by atoms with Gasteiger partial charge in [0.15, 0.2) is 15.8 Å². The average molecular weight is 551 g/mol. The third-order valence-electron chi connectivity index (χ3n) is 4.99. The lowest BCUT2D eigenvalue weighted by atomic mass is 9.86. The SMILES string of the molecule is CN=C(NCCC(=O)NC1CCS(=O)(=O)C1)NCCc1ccc(C(C)(C)C)cc1.I. The van der Waals surface area contributed by atoms with Crippen molar-refractivity contribution in [2.75, 3.05) is 31.6 Å². The number of halogens is 1. The van der Waals surface area contributed by atoms with Crippen LogP contribution < -0.4 is 16.0 Å². The van der Waals surface area contributed by atoms with Crippen molar-refractivity contribution in [2.24, 2.45) is 4.99 Å². The van der Waals surface area contributed by atoms with Crippen molar-refractivity contribution in [3.8, 4) is 0 Å². The molecule has 0 saturated carbocycles. The van der Waals surface area contributed by atoms with Crippen LogP contribution in [0, 0.1) is 0 Å². The molecule has 9 heteroatoms. The number of aliphatic imine (C=N–C) groups is 1. The first kappa shape index (κ1) is 26.7. The molecular formula is C21H35IN4O3S. The summed E-state index contributed by atoms with van der Waals surface area (Å²) in [5.41, 5.74) is 2.73. The number of hydrogen-bond donors (Lipinski definition) is 3. The van der Waals surface area contributed by atoms with Crippen LogP contribution in [0.1, 0.15) is 44.7 Å². The predicted molar refractivity (Wildman–Crippen MR) is 133 cm³/mol. The second-order valence-corrected chi connectivity index (χ2v) is 10.8. The highest BCUT2D eigenvalue weighted by Gasteiger charge is 2.28. The van der Waals surface area contributed by atoms with Crippen molar-refractivity contribution in [1.29, 1.82) is 0 Å². The molecule has 0 aromatic heterocycles. The van der Waals surface area contributed by atoms with Gasteiger partial charge in [0.1, 0.15) is 0 Å². The Labute approximate surface area is 197 Å². The van der Waals surface area contributed by atoms with Crippen molar-refractivity contribution in [3.63, 3.8) is 0 Å². The number of hydrogen-bond acceptors (Lipinski definition) is 4. The number of amides is 1. The van der Waals surface area contributed by atoms with Gasteiger partial charge in [0.2, 0.25) is 5.91 Å².